The molecule has 0 unspecified atom stereocenters. The van der Waals surface area contributed by atoms with Gasteiger partial charge in [-0.2, -0.15) is 0 Å². The molecule has 0 aliphatic rings. The van der Waals surface area contributed by atoms with Crippen LogP contribution in [0.3, 0.4) is 0 Å². The summed E-state index contributed by atoms with van der Waals surface area (Å²) in [6, 6.07) is 0. The molecule has 0 rings (SSSR count). The Morgan fingerprint density at radius 2 is 2.00 bits per heavy atom. The molecule has 0 spiro atoms. The van der Waals surface area contributed by atoms with Crippen LogP contribution in [0, 0.1) is 0 Å². The maximum absolute atomic E-state index is 5.01. The number of hydrazine groups is 1. The van der Waals surface area contributed by atoms with E-state index in [9.17, 15) is 0 Å². The Kier molecular flexibility index (Phi) is 13.2. The lowest BCUT2D eigenvalue weighted by Crippen LogP contribution is -2.19. The van der Waals surface area contributed by atoms with Gasteiger partial charge in [-0.3, -0.25) is 5.84 Å². The number of hydrogen-bond acceptors (Lipinski definition) is 2. The molecule has 0 aliphatic carbocycles. The topological polar surface area (TPSA) is 38.0 Å². The lowest BCUT2D eigenvalue weighted by Gasteiger charge is -1.98. The van der Waals surface area contributed by atoms with E-state index in [1.807, 2.05) is 13.8 Å². The van der Waals surface area contributed by atoms with Crippen LogP contribution >= 0.6 is 0 Å². The molecule has 0 aromatic rings. The average molecular weight is 130 g/mol. The Hall–Kier alpha value is -0.500. The normalized spacial score (nSPS) is 7.11. The first kappa shape index (κ1) is 11.3. The third kappa shape index (κ3) is 11.2. The minimum Gasteiger partial charge on any atom is -0.329 e. The van der Waals surface area contributed by atoms with Crippen molar-refractivity contribution in [3.05, 3.63) is 12.3 Å². The molecule has 0 radical (unpaired) electrons. The lowest BCUT2D eigenvalue weighted by molar-refractivity contribution is 0.778. The first-order valence-electron chi connectivity index (χ1n) is 3.45. The van der Waals surface area contributed by atoms with Crippen LogP contribution in [0.2, 0.25) is 0 Å². The molecule has 0 aromatic heterocycles. The Morgan fingerprint density at radius 1 is 1.56 bits per heavy atom. The van der Waals surface area contributed by atoms with Crippen molar-refractivity contribution in [2.45, 2.75) is 33.6 Å². The first-order chi connectivity index (χ1) is 4.31. The van der Waals surface area contributed by atoms with E-state index in [2.05, 4.69) is 18.9 Å². The van der Waals surface area contributed by atoms with Gasteiger partial charge in [0.2, 0.25) is 0 Å². The van der Waals surface area contributed by atoms with Crippen molar-refractivity contribution >= 4 is 0 Å². The third-order valence-corrected chi connectivity index (χ3v) is 0.756. The monoisotopic (exact) mass is 130 g/mol. The predicted octanol–water partition coefficient (Wildman–Crippen LogP) is 1.79. The van der Waals surface area contributed by atoms with Gasteiger partial charge in [0.25, 0.3) is 0 Å². The molecule has 56 valence electrons. The average Bonchev–Trinajstić information content (AvgIpc) is 1.93. The molecule has 0 fully saturated rings. The van der Waals surface area contributed by atoms with Crippen molar-refractivity contribution in [2.24, 2.45) is 5.84 Å². The van der Waals surface area contributed by atoms with E-state index < -0.39 is 0 Å². The van der Waals surface area contributed by atoms with Crippen molar-refractivity contribution in [3.63, 3.8) is 0 Å². The van der Waals surface area contributed by atoms with Gasteiger partial charge in [0.1, 0.15) is 0 Å². The Labute approximate surface area is 58.1 Å². The summed E-state index contributed by atoms with van der Waals surface area (Å²) in [4.78, 5) is 0. The molecule has 0 aromatic carbocycles. The second kappa shape index (κ2) is 10.5. The van der Waals surface area contributed by atoms with Crippen LogP contribution < -0.4 is 11.3 Å². The van der Waals surface area contributed by atoms with Crippen LogP contribution in [0.4, 0.5) is 0 Å². The summed E-state index contributed by atoms with van der Waals surface area (Å²) in [6.07, 6.45) is 2.07. The van der Waals surface area contributed by atoms with Gasteiger partial charge >= 0.3 is 0 Å². The van der Waals surface area contributed by atoms with Crippen LogP contribution in [0.1, 0.15) is 33.6 Å². The van der Waals surface area contributed by atoms with Gasteiger partial charge in [-0.05, 0) is 6.42 Å². The quantitative estimate of drug-likeness (QED) is 0.451. The molecular weight excluding hydrogens is 112 g/mol. The number of hydrogen-bond donors (Lipinski definition) is 2. The molecule has 0 heterocycles. The summed E-state index contributed by atoms with van der Waals surface area (Å²) < 4.78 is 0. The molecule has 2 nitrogen and oxygen atoms in total. The van der Waals surface area contributed by atoms with Gasteiger partial charge in [0.15, 0.2) is 0 Å². The van der Waals surface area contributed by atoms with Gasteiger partial charge in [-0.25, -0.2) is 0 Å². The number of rotatable bonds is 3. The number of nitrogens with two attached hydrogens (primary N) is 1. The van der Waals surface area contributed by atoms with E-state index in [4.69, 9.17) is 5.84 Å². The second-order valence-corrected chi connectivity index (χ2v) is 1.50. The highest BCUT2D eigenvalue weighted by molar-refractivity contribution is 4.86. The zero-order valence-electron chi connectivity index (χ0n) is 6.70. The summed E-state index contributed by atoms with van der Waals surface area (Å²) in [5, 5.41) is 0. The highest BCUT2D eigenvalue weighted by Gasteiger charge is 1.82. The summed E-state index contributed by atoms with van der Waals surface area (Å²) >= 11 is 0. The van der Waals surface area contributed by atoms with Crippen molar-refractivity contribution in [3.8, 4) is 0 Å². The second-order valence-electron chi connectivity index (χ2n) is 1.50. The smallest absolute Gasteiger partial charge is 0.0187 e. The van der Waals surface area contributed by atoms with E-state index in [0.29, 0.717) is 0 Å². The minimum absolute atomic E-state index is 0.905. The number of allylic oxidation sites excluding steroid dienone is 1. The predicted molar refractivity (Wildman–Crippen MR) is 42.7 cm³/mol. The molecule has 0 atom stereocenters. The fraction of sp³-hybridized carbons (Fsp3) is 0.714. The molecule has 0 saturated heterocycles. The first-order valence-corrected chi connectivity index (χ1v) is 3.45. The summed E-state index contributed by atoms with van der Waals surface area (Å²) in [5.74, 6) is 5.01. The lowest BCUT2D eigenvalue weighted by atomic mass is 10.3. The van der Waals surface area contributed by atoms with E-state index >= 15 is 0 Å². The van der Waals surface area contributed by atoms with Gasteiger partial charge in [0, 0.05) is 5.70 Å². The standard InChI is InChI=1S/C5H12N2.C2H6/c1-3-4-5(2)7-6;1-2/h7H,2-4,6H2,1H3;1-2H3. The maximum Gasteiger partial charge on any atom is 0.0187 e. The molecule has 9 heavy (non-hydrogen) atoms. The highest BCUT2D eigenvalue weighted by Crippen LogP contribution is 1.92. The minimum atomic E-state index is 0.905. The van der Waals surface area contributed by atoms with E-state index in [-0.39, 0.29) is 0 Å². The van der Waals surface area contributed by atoms with Crippen LogP contribution in [0.15, 0.2) is 12.3 Å². The fourth-order valence-electron chi connectivity index (χ4n) is 0.374. The van der Waals surface area contributed by atoms with Crippen LogP contribution in [0.25, 0.3) is 0 Å². The van der Waals surface area contributed by atoms with Crippen LogP contribution in [-0.2, 0) is 0 Å². The third-order valence-electron chi connectivity index (χ3n) is 0.756. The van der Waals surface area contributed by atoms with Crippen molar-refractivity contribution in [2.75, 3.05) is 0 Å². The van der Waals surface area contributed by atoms with Crippen LogP contribution in [-0.4, -0.2) is 0 Å². The van der Waals surface area contributed by atoms with E-state index in [1.165, 1.54) is 0 Å². The molecular formula is C7H18N2. The van der Waals surface area contributed by atoms with Crippen molar-refractivity contribution < 1.29 is 0 Å². The molecule has 0 saturated carbocycles. The maximum atomic E-state index is 5.01. The summed E-state index contributed by atoms with van der Waals surface area (Å²) in [7, 11) is 0. The number of nitrogens with one attached hydrogen (secondary N) is 1. The zero-order valence-corrected chi connectivity index (χ0v) is 6.70. The Balaban J connectivity index is 0. The largest absolute Gasteiger partial charge is 0.329 e. The van der Waals surface area contributed by atoms with E-state index in [1.54, 1.807) is 0 Å². The fourth-order valence-corrected chi connectivity index (χ4v) is 0.374. The SMILES string of the molecule is C=C(CCC)NN.CC. The molecule has 3 N–H and O–H groups in total. The Bertz CT molecular complexity index is 59.9. The zero-order chi connectivity index (χ0) is 7.70. The Morgan fingerprint density at radius 3 is 2.11 bits per heavy atom. The van der Waals surface area contributed by atoms with Gasteiger partial charge in [-0.1, -0.05) is 33.8 Å². The van der Waals surface area contributed by atoms with Crippen molar-refractivity contribution in [1.29, 1.82) is 0 Å². The van der Waals surface area contributed by atoms with Gasteiger partial charge in [0.05, 0.1) is 0 Å². The molecule has 0 aliphatic heterocycles. The van der Waals surface area contributed by atoms with E-state index in [0.717, 1.165) is 18.5 Å². The summed E-state index contributed by atoms with van der Waals surface area (Å²) in [5.41, 5.74) is 3.38. The van der Waals surface area contributed by atoms with Crippen molar-refractivity contribution in [1.82, 2.24) is 5.43 Å². The molecule has 0 amide bonds. The van der Waals surface area contributed by atoms with Gasteiger partial charge < -0.3 is 5.43 Å². The van der Waals surface area contributed by atoms with Crippen LogP contribution in [0.5, 0.6) is 0 Å². The highest BCUT2D eigenvalue weighted by atomic mass is 15.2. The van der Waals surface area contributed by atoms with Gasteiger partial charge in [-0.15, -0.1) is 0 Å². The molecule has 0 bridgehead atoms. The summed E-state index contributed by atoms with van der Waals surface area (Å²) in [6.45, 7) is 9.71. The molecule has 2 heteroatoms.